The lowest BCUT2D eigenvalue weighted by Gasteiger charge is -2.26. The number of fused-ring (bicyclic) bond motifs is 1. The Labute approximate surface area is 151 Å². The van der Waals surface area contributed by atoms with Gasteiger partial charge in [-0.05, 0) is 49.0 Å². The second-order valence-corrected chi connectivity index (χ2v) is 7.67. The second kappa shape index (κ2) is 8.49. The van der Waals surface area contributed by atoms with Crippen LogP contribution in [0.15, 0.2) is 24.3 Å². The average Bonchev–Trinajstić information content (AvgIpc) is 3.23. The van der Waals surface area contributed by atoms with Crippen LogP contribution >= 0.6 is 0 Å². The van der Waals surface area contributed by atoms with E-state index < -0.39 is 0 Å². The van der Waals surface area contributed by atoms with Gasteiger partial charge in [0.05, 0.1) is 19.8 Å². The summed E-state index contributed by atoms with van der Waals surface area (Å²) in [5.74, 6) is 2.73. The maximum atomic E-state index is 5.90. The maximum absolute atomic E-state index is 5.90. The molecule has 2 atom stereocenters. The van der Waals surface area contributed by atoms with Gasteiger partial charge in [-0.1, -0.05) is 12.1 Å². The molecule has 25 heavy (non-hydrogen) atoms. The number of hydrogen-bond donors (Lipinski definition) is 1. The molecule has 138 valence electrons. The highest BCUT2D eigenvalue weighted by Gasteiger charge is 2.35. The fraction of sp³-hybridized carbons (Fsp3) is 0.700. The van der Waals surface area contributed by atoms with Crippen molar-refractivity contribution in [3.05, 3.63) is 29.8 Å². The Hall–Kier alpha value is -1.14. The smallest absolute Gasteiger partial charge is 0.119 e. The summed E-state index contributed by atoms with van der Waals surface area (Å²) >= 11 is 0. The van der Waals surface area contributed by atoms with Crippen molar-refractivity contribution in [1.82, 2.24) is 15.1 Å². The molecule has 1 aromatic rings. The fourth-order valence-electron chi connectivity index (χ4n) is 4.33. The Balaban J connectivity index is 1.16. The SMILES string of the molecule is c1cc(OCCCN2CCOCC2)ccc1CN1C[C@H]2CNC[C@H]2C1. The number of nitrogens with zero attached hydrogens (tertiary/aromatic N) is 2. The summed E-state index contributed by atoms with van der Waals surface area (Å²) in [5, 5.41) is 3.51. The van der Waals surface area contributed by atoms with Crippen LogP contribution in [0.3, 0.4) is 0 Å². The standard InChI is InChI=1S/C20H31N3O2/c1(6-22-7-10-24-11-8-22)9-25-20-4-2-17(3-5-20)14-23-15-18-12-21-13-19(18)16-23/h2-5,18-19,21H,1,6-16H2/t18-,19+. The van der Waals surface area contributed by atoms with E-state index in [4.69, 9.17) is 9.47 Å². The molecule has 3 heterocycles. The molecule has 0 aliphatic carbocycles. The maximum Gasteiger partial charge on any atom is 0.119 e. The van der Waals surface area contributed by atoms with Crippen molar-refractivity contribution in [2.45, 2.75) is 13.0 Å². The van der Waals surface area contributed by atoms with Crippen LogP contribution in [0.25, 0.3) is 0 Å². The van der Waals surface area contributed by atoms with Gasteiger partial charge in [-0.25, -0.2) is 0 Å². The lowest BCUT2D eigenvalue weighted by Crippen LogP contribution is -2.37. The molecule has 0 unspecified atom stereocenters. The Morgan fingerprint density at radius 3 is 2.44 bits per heavy atom. The van der Waals surface area contributed by atoms with E-state index in [0.29, 0.717) is 0 Å². The summed E-state index contributed by atoms with van der Waals surface area (Å²) in [6.45, 7) is 11.7. The highest BCUT2D eigenvalue weighted by Crippen LogP contribution is 2.27. The minimum absolute atomic E-state index is 0.791. The Morgan fingerprint density at radius 1 is 1.00 bits per heavy atom. The molecule has 0 spiro atoms. The topological polar surface area (TPSA) is 37.0 Å². The van der Waals surface area contributed by atoms with Gasteiger partial charge in [-0.2, -0.15) is 0 Å². The molecule has 0 bridgehead atoms. The zero-order valence-electron chi connectivity index (χ0n) is 15.2. The Kier molecular flexibility index (Phi) is 5.87. The average molecular weight is 345 g/mol. The van der Waals surface area contributed by atoms with Crippen LogP contribution in [0, 0.1) is 11.8 Å². The predicted octanol–water partition coefficient (Wildman–Crippen LogP) is 1.44. The van der Waals surface area contributed by atoms with Gasteiger partial charge in [0.2, 0.25) is 0 Å². The third-order valence-corrected chi connectivity index (χ3v) is 5.79. The highest BCUT2D eigenvalue weighted by molar-refractivity contribution is 5.27. The summed E-state index contributed by atoms with van der Waals surface area (Å²) in [5.41, 5.74) is 1.40. The van der Waals surface area contributed by atoms with Crippen LogP contribution in [0.2, 0.25) is 0 Å². The molecular formula is C20H31N3O2. The van der Waals surface area contributed by atoms with Crippen LogP contribution in [0.1, 0.15) is 12.0 Å². The molecule has 0 amide bonds. The van der Waals surface area contributed by atoms with Crippen LogP contribution in [-0.2, 0) is 11.3 Å². The molecule has 1 N–H and O–H groups in total. The van der Waals surface area contributed by atoms with Gasteiger partial charge in [0, 0.05) is 39.3 Å². The fourth-order valence-corrected chi connectivity index (χ4v) is 4.33. The van der Waals surface area contributed by atoms with Crippen molar-refractivity contribution >= 4 is 0 Å². The first-order valence-electron chi connectivity index (χ1n) is 9.82. The summed E-state index contributed by atoms with van der Waals surface area (Å²) < 4.78 is 11.3. The van der Waals surface area contributed by atoms with Crippen molar-refractivity contribution in [3.63, 3.8) is 0 Å². The molecular weight excluding hydrogens is 314 g/mol. The monoisotopic (exact) mass is 345 g/mol. The number of morpholine rings is 1. The zero-order chi connectivity index (χ0) is 16.9. The summed E-state index contributed by atoms with van der Waals surface area (Å²) in [7, 11) is 0. The molecule has 5 nitrogen and oxygen atoms in total. The summed E-state index contributed by atoms with van der Waals surface area (Å²) in [6.07, 6.45) is 1.08. The van der Waals surface area contributed by atoms with Crippen molar-refractivity contribution in [1.29, 1.82) is 0 Å². The van der Waals surface area contributed by atoms with E-state index in [9.17, 15) is 0 Å². The third kappa shape index (κ3) is 4.73. The molecule has 5 heteroatoms. The van der Waals surface area contributed by atoms with E-state index in [1.54, 1.807) is 0 Å². The second-order valence-electron chi connectivity index (χ2n) is 7.67. The molecule has 0 aromatic heterocycles. The van der Waals surface area contributed by atoms with E-state index in [0.717, 1.165) is 70.0 Å². The molecule has 1 aromatic carbocycles. The van der Waals surface area contributed by atoms with Crippen molar-refractivity contribution in [2.24, 2.45) is 11.8 Å². The van der Waals surface area contributed by atoms with Gasteiger partial charge in [-0.3, -0.25) is 9.80 Å². The summed E-state index contributed by atoms with van der Waals surface area (Å²) in [6, 6.07) is 8.71. The van der Waals surface area contributed by atoms with E-state index in [-0.39, 0.29) is 0 Å². The van der Waals surface area contributed by atoms with Gasteiger partial charge >= 0.3 is 0 Å². The number of nitrogens with one attached hydrogen (secondary N) is 1. The molecule has 3 fully saturated rings. The van der Waals surface area contributed by atoms with E-state index in [1.807, 2.05) is 0 Å². The number of hydrogen-bond acceptors (Lipinski definition) is 5. The van der Waals surface area contributed by atoms with E-state index >= 15 is 0 Å². The number of rotatable bonds is 7. The minimum Gasteiger partial charge on any atom is -0.494 e. The van der Waals surface area contributed by atoms with E-state index in [2.05, 4.69) is 39.4 Å². The Morgan fingerprint density at radius 2 is 1.72 bits per heavy atom. The molecule has 0 radical (unpaired) electrons. The molecule has 3 aliphatic heterocycles. The quantitative estimate of drug-likeness (QED) is 0.757. The molecule has 3 aliphatic rings. The number of ether oxygens (including phenoxy) is 2. The van der Waals surface area contributed by atoms with Crippen molar-refractivity contribution in [2.75, 3.05) is 65.6 Å². The number of benzene rings is 1. The first-order chi connectivity index (χ1) is 12.4. The first kappa shape index (κ1) is 17.3. The first-order valence-corrected chi connectivity index (χ1v) is 9.82. The highest BCUT2D eigenvalue weighted by atomic mass is 16.5. The van der Waals surface area contributed by atoms with Crippen molar-refractivity contribution < 1.29 is 9.47 Å². The number of likely N-dealkylation sites (tertiary alicyclic amines) is 1. The van der Waals surface area contributed by atoms with Gasteiger partial charge in [0.15, 0.2) is 0 Å². The van der Waals surface area contributed by atoms with Crippen LogP contribution in [0.4, 0.5) is 0 Å². The zero-order valence-corrected chi connectivity index (χ0v) is 15.2. The van der Waals surface area contributed by atoms with Crippen LogP contribution in [0.5, 0.6) is 5.75 Å². The van der Waals surface area contributed by atoms with Gasteiger partial charge in [0.25, 0.3) is 0 Å². The van der Waals surface area contributed by atoms with Gasteiger partial charge in [-0.15, -0.1) is 0 Å². The Bertz CT molecular complexity index is 518. The van der Waals surface area contributed by atoms with Crippen molar-refractivity contribution in [3.8, 4) is 5.75 Å². The van der Waals surface area contributed by atoms with Crippen LogP contribution < -0.4 is 10.1 Å². The summed E-state index contributed by atoms with van der Waals surface area (Å²) in [4.78, 5) is 5.06. The molecule has 4 rings (SSSR count). The van der Waals surface area contributed by atoms with Gasteiger partial charge in [0.1, 0.15) is 5.75 Å². The van der Waals surface area contributed by atoms with Crippen LogP contribution in [-0.4, -0.2) is 75.4 Å². The predicted molar refractivity (Wildman–Crippen MR) is 98.9 cm³/mol. The molecule has 3 saturated heterocycles. The largest absolute Gasteiger partial charge is 0.494 e. The normalized spacial score (nSPS) is 27.5. The lowest BCUT2D eigenvalue weighted by molar-refractivity contribution is 0.0358. The minimum atomic E-state index is 0.791. The third-order valence-electron chi connectivity index (χ3n) is 5.79. The van der Waals surface area contributed by atoms with E-state index in [1.165, 1.54) is 31.7 Å². The molecule has 0 saturated carbocycles. The van der Waals surface area contributed by atoms with Gasteiger partial charge < -0.3 is 14.8 Å². The lowest BCUT2D eigenvalue weighted by atomic mass is 10.0.